The maximum Gasteiger partial charge on any atom is 0.344 e. The second-order valence-electron chi connectivity index (χ2n) is 3.50. The highest BCUT2D eigenvalue weighted by Crippen LogP contribution is 2.17. The van der Waals surface area contributed by atoms with Gasteiger partial charge < -0.3 is 18.3 Å². The molecular formula is C12H24O4Si. The van der Waals surface area contributed by atoms with E-state index >= 15 is 0 Å². The first-order valence-corrected chi connectivity index (χ1v) is 8.03. The van der Waals surface area contributed by atoms with Crippen LogP contribution >= 0.6 is 0 Å². The Morgan fingerprint density at radius 1 is 0.824 bits per heavy atom. The highest BCUT2D eigenvalue weighted by atomic mass is 28.4. The van der Waals surface area contributed by atoms with Crippen LogP contribution in [-0.2, 0) is 18.3 Å². The lowest BCUT2D eigenvalue weighted by Gasteiger charge is -2.26. The topological polar surface area (TPSA) is 36.9 Å². The van der Waals surface area contributed by atoms with Crippen molar-refractivity contribution in [3.63, 3.8) is 0 Å². The fraction of sp³-hybridized carbons (Fsp3) is 0.667. The van der Waals surface area contributed by atoms with Crippen molar-refractivity contribution < 1.29 is 18.3 Å². The van der Waals surface area contributed by atoms with Gasteiger partial charge in [0.2, 0.25) is 0 Å². The first kappa shape index (κ1) is 16.2. The summed E-state index contributed by atoms with van der Waals surface area (Å²) in [5.74, 6) is 0. The van der Waals surface area contributed by atoms with E-state index in [0.29, 0.717) is 13.2 Å². The van der Waals surface area contributed by atoms with Crippen LogP contribution in [-0.4, -0.2) is 36.0 Å². The molecule has 0 radical (unpaired) electrons. The van der Waals surface area contributed by atoms with E-state index in [9.17, 15) is 0 Å². The van der Waals surface area contributed by atoms with Crippen molar-refractivity contribution in [3.8, 4) is 0 Å². The summed E-state index contributed by atoms with van der Waals surface area (Å²) >= 11 is 0. The van der Waals surface area contributed by atoms with E-state index in [-0.39, 0.29) is 0 Å². The van der Waals surface area contributed by atoms with Gasteiger partial charge in [-0.1, -0.05) is 12.2 Å². The molecule has 0 N–H and O–H groups in total. The van der Waals surface area contributed by atoms with Crippen LogP contribution in [0.5, 0.6) is 0 Å². The molecule has 17 heavy (non-hydrogen) atoms. The number of hydrogen-bond donors (Lipinski definition) is 0. The van der Waals surface area contributed by atoms with Crippen molar-refractivity contribution in [3.05, 3.63) is 24.7 Å². The normalized spacial score (nSPS) is 12.5. The third-order valence-corrected chi connectivity index (χ3v) is 5.83. The van der Waals surface area contributed by atoms with Gasteiger partial charge in [0.1, 0.15) is 0 Å². The first-order valence-electron chi connectivity index (χ1n) is 5.80. The van der Waals surface area contributed by atoms with Gasteiger partial charge in [-0.05, 0) is 13.8 Å². The van der Waals surface area contributed by atoms with Crippen molar-refractivity contribution >= 4 is 8.56 Å². The van der Waals surface area contributed by atoms with Crippen molar-refractivity contribution in [1.82, 2.24) is 0 Å². The number of ether oxygens (including phenoxy) is 2. The fourth-order valence-corrected chi connectivity index (χ4v) is 3.46. The summed E-state index contributed by atoms with van der Waals surface area (Å²) in [6, 6.07) is 1.59. The van der Waals surface area contributed by atoms with Gasteiger partial charge >= 0.3 is 8.56 Å². The first-order chi connectivity index (χ1) is 8.24. The Labute approximate surface area is 105 Å². The Morgan fingerprint density at radius 3 is 1.53 bits per heavy atom. The van der Waals surface area contributed by atoms with Gasteiger partial charge in [-0.2, -0.15) is 0 Å². The van der Waals surface area contributed by atoms with E-state index in [1.807, 2.05) is 26.0 Å². The van der Waals surface area contributed by atoms with Crippen molar-refractivity contribution in [2.24, 2.45) is 0 Å². The molecule has 0 rings (SSSR count). The largest absolute Gasteiger partial charge is 0.502 e. The summed E-state index contributed by atoms with van der Waals surface area (Å²) < 4.78 is 21.7. The van der Waals surface area contributed by atoms with E-state index in [2.05, 4.69) is 0 Å². The third-order valence-electron chi connectivity index (χ3n) is 2.41. The predicted octanol–water partition coefficient (Wildman–Crippen LogP) is 2.82. The molecule has 100 valence electrons. The molecular weight excluding hydrogens is 236 g/mol. The van der Waals surface area contributed by atoms with Crippen LogP contribution in [0.2, 0.25) is 12.1 Å². The minimum atomic E-state index is -2.16. The molecule has 5 heteroatoms. The lowest BCUT2D eigenvalue weighted by Crippen LogP contribution is -2.41. The molecule has 0 atom stereocenters. The van der Waals surface area contributed by atoms with E-state index < -0.39 is 8.56 Å². The average molecular weight is 260 g/mol. The zero-order chi connectivity index (χ0) is 13.0. The second-order valence-corrected chi connectivity index (χ2v) is 7.14. The molecule has 0 aromatic heterocycles. The zero-order valence-corrected chi connectivity index (χ0v) is 12.3. The maximum absolute atomic E-state index is 5.56. The maximum atomic E-state index is 5.56. The predicted molar refractivity (Wildman–Crippen MR) is 70.9 cm³/mol. The zero-order valence-electron chi connectivity index (χ0n) is 11.3. The molecule has 0 aliphatic carbocycles. The van der Waals surface area contributed by atoms with Gasteiger partial charge in [0.25, 0.3) is 0 Å². The molecule has 4 nitrogen and oxygen atoms in total. The monoisotopic (exact) mass is 260 g/mol. The van der Waals surface area contributed by atoms with Crippen LogP contribution in [0, 0.1) is 0 Å². The van der Waals surface area contributed by atoms with Gasteiger partial charge in [0.15, 0.2) is 0 Å². The molecule has 0 saturated carbocycles. The Balaban J connectivity index is 4.05. The Morgan fingerprint density at radius 2 is 1.24 bits per heavy atom. The highest BCUT2D eigenvalue weighted by molar-refractivity contribution is 6.67. The summed E-state index contributed by atoms with van der Waals surface area (Å²) in [6.07, 6.45) is 7.08. The van der Waals surface area contributed by atoms with E-state index in [0.717, 1.165) is 12.1 Å². The number of hydrogen-bond acceptors (Lipinski definition) is 4. The highest BCUT2D eigenvalue weighted by Gasteiger charge is 2.35. The van der Waals surface area contributed by atoms with Crippen LogP contribution in [0.1, 0.15) is 13.8 Å². The summed E-state index contributed by atoms with van der Waals surface area (Å²) in [5, 5.41) is 0. The van der Waals surface area contributed by atoms with Crippen LogP contribution in [0.3, 0.4) is 0 Å². The average Bonchev–Trinajstić information content (AvgIpc) is 2.37. The van der Waals surface area contributed by atoms with Crippen LogP contribution in [0.15, 0.2) is 24.7 Å². The Bertz CT molecular complexity index is 205. The molecule has 0 unspecified atom stereocenters. The molecule has 0 heterocycles. The van der Waals surface area contributed by atoms with Gasteiger partial charge in [-0.15, -0.1) is 0 Å². The lowest BCUT2D eigenvalue weighted by atomic mass is 10.7. The molecule has 0 spiro atoms. The summed E-state index contributed by atoms with van der Waals surface area (Å²) in [7, 11) is 1.23. The standard InChI is InChI=1S/C12H24O4Si/c1-5-7-15-9-11-17(13-3,14-4)12-10-16-8-6-2/h5-8H,9-12H2,1-4H3/b7-5-,8-6-. The van der Waals surface area contributed by atoms with Gasteiger partial charge in [0.05, 0.1) is 25.7 Å². The SMILES string of the molecule is C/C=C\OCC[Si](CCO/C=C\C)(OC)OC. The van der Waals surface area contributed by atoms with Crippen molar-refractivity contribution in [1.29, 1.82) is 0 Å². The minimum absolute atomic E-state index is 0.613. The summed E-state index contributed by atoms with van der Waals surface area (Å²) in [6.45, 7) is 5.06. The summed E-state index contributed by atoms with van der Waals surface area (Å²) in [4.78, 5) is 0. The van der Waals surface area contributed by atoms with Gasteiger partial charge in [-0.25, -0.2) is 0 Å². The lowest BCUT2D eigenvalue weighted by molar-refractivity contribution is 0.195. The quantitative estimate of drug-likeness (QED) is 0.344. The molecule has 0 aliphatic heterocycles. The Kier molecular flexibility index (Phi) is 9.90. The molecule has 0 aromatic carbocycles. The second kappa shape index (κ2) is 10.4. The van der Waals surface area contributed by atoms with Gasteiger partial charge in [-0.3, -0.25) is 0 Å². The van der Waals surface area contributed by atoms with Gasteiger partial charge in [0, 0.05) is 26.3 Å². The Hall–Kier alpha value is -0.783. The third kappa shape index (κ3) is 7.20. The smallest absolute Gasteiger partial charge is 0.344 e. The van der Waals surface area contributed by atoms with E-state index in [1.54, 1.807) is 26.7 Å². The van der Waals surface area contributed by atoms with E-state index in [4.69, 9.17) is 18.3 Å². The molecule has 0 aromatic rings. The number of allylic oxidation sites excluding steroid dienone is 2. The van der Waals surface area contributed by atoms with Crippen LogP contribution in [0.4, 0.5) is 0 Å². The molecule has 0 amide bonds. The van der Waals surface area contributed by atoms with Crippen LogP contribution in [0.25, 0.3) is 0 Å². The molecule has 0 bridgehead atoms. The van der Waals surface area contributed by atoms with Crippen molar-refractivity contribution in [2.45, 2.75) is 25.9 Å². The van der Waals surface area contributed by atoms with Crippen LogP contribution < -0.4 is 0 Å². The van der Waals surface area contributed by atoms with E-state index in [1.165, 1.54) is 0 Å². The molecule has 0 aliphatic rings. The molecule has 0 saturated heterocycles. The number of rotatable bonds is 10. The minimum Gasteiger partial charge on any atom is -0.502 e. The fourth-order valence-electron chi connectivity index (χ4n) is 1.37. The summed E-state index contributed by atoms with van der Waals surface area (Å²) in [5.41, 5.74) is 0. The molecule has 0 fully saturated rings. The van der Waals surface area contributed by atoms with Crippen molar-refractivity contribution in [2.75, 3.05) is 27.4 Å².